The summed E-state index contributed by atoms with van der Waals surface area (Å²) in [6.07, 6.45) is 1.21. The van der Waals surface area contributed by atoms with Crippen LogP contribution in [0.15, 0.2) is 31.9 Å². The minimum Gasteiger partial charge on any atom is -0.506 e. The van der Waals surface area contributed by atoms with Gasteiger partial charge in [-0.3, -0.25) is 0 Å². The highest BCUT2D eigenvalue weighted by atomic mass is 79.9. The second-order valence-corrected chi connectivity index (χ2v) is 4.30. The zero-order valence-electron chi connectivity index (χ0n) is 6.74. The first-order valence-corrected chi connectivity index (χ1v) is 5.21. The zero-order valence-corrected chi connectivity index (χ0v) is 9.91. The predicted octanol–water partition coefficient (Wildman–Crippen LogP) is 2.97. The summed E-state index contributed by atoms with van der Waals surface area (Å²) >= 11 is 6.51. The lowest BCUT2D eigenvalue weighted by Gasteiger charge is -2.02. The summed E-state index contributed by atoms with van der Waals surface area (Å²) in [4.78, 5) is 0. The molecule has 2 aromatic rings. The third-order valence-corrected chi connectivity index (χ3v) is 2.68. The van der Waals surface area contributed by atoms with E-state index in [4.69, 9.17) is 4.42 Å². The first kappa shape index (κ1) is 9.67. The van der Waals surface area contributed by atoms with Gasteiger partial charge >= 0.3 is 0 Å². The second-order valence-electron chi connectivity index (χ2n) is 2.53. The molecule has 0 bridgehead atoms. The van der Waals surface area contributed by atoms with Gasteiger partial charge in [-0.05, 0) is 28.1 Å². The summed E-state index contributed by atoms with van der Waals surface area (Å²) in [5.74, 6) is 0.363. The van der Waals surface area contributed by atoms with Crippen LogP contribution in [0.5, 0.6) is 5.75 Å². The standard InChI is InChI=1S/C8H4Br2N2O2/c9-4-1-5(7(13)6(10)2-4)8-12-11-3-14-8/h1-3,13H. The van der Waals surface area contributed by atoms with Crippen molar-refractivity contribution in [3.05, 3.63) is 27.5 Å². The van der Waals surface area contributed by atoms with Crippen molar-refractivity contribution in [2.24, 2.45) is 0 Å². The van der Waals surface area contributed by atoms with Crippen LogP contribution in [0.1, 0.15) is 0 Å². The van der Waals surface area contributed by atoms with E-state index < -0.39 is 0 Å². The molecule has 0 unspecified atom stereocenters. The van der Waals surface area contributed by atoms with Gasteiger partial charge < -0.3 is 9.52 Å². The highest BCUT2D eigenvalue weighted by Crippen LogP contribution is 2.37. The van der Waals surface area contributed by atoms with Crippen molar-refractivity contribution in [2.45, 2.75) is 0 Å². The Morgan fingerprint density at radius 3 is 2.71 bits per heavy atom. The monoisotopic (exact) mass is 318 g/mol. The Morgan fingerprint density at radius 2 is 2.07 bits per heavy atom. The number of hydrogen-bond acceptors (Lipinski definition) is 4. The highest BCUT2D eigenvalue weighted by Gasteiger charge is 2.13. The molecular formula is C8H4Br2N2O2. The van der Waals surface area contributed by atoms with Gasteiger partial charge in [0.2, 0.25) is 6.39 Å². The molecule has 0 saturated heterocycles. The minimum atomic E-state index is 0.0810. The molecule has 6 heteroatoms. The van der Waals surface area contributed by atoms with Gasteiger partial charge in [0.15, 0.2) is 0 Å². The SMILES string of the molecule is Oc1c(Br)cc(Br)cc1-c1nnco1. The first-order valence-electron chi connectivity index (χ1n) is 3.63. The van der Waals surface area contributed by atoms with E-state index in [1.807, 2.05) is 0 Å². The number of halogens is 2. The van der Waals surface area contributed by atoms with Crippen LogP contribution in [0, 0.1) is 0 Å². The van der Waals surface area contributed by atoms with E-state index in [0.29, 0.717) is 10.0 Å². The van der Waals surface area contributed by atoms with Crippen molar-refractivity contribution in [1.82, 2.24) is 10.2 Å². The van der Waals surface area contributed by atoms with E-state index in [1.54, 1.807) is 12.1 Å². The predicted molar refractivity (Wildman–Crippen MR) is 56.8 cm³/mol. The topological polar surface area (TPSA) is 59.2 Å². The number of aromatic hydroxyl groups is 1. The molecule has 14 heavy (non-hydrogen) atoms. The van der Waals surface area contributed by atoms with Crippen LogP contribution in [-0.4, -0.2) is 15.3 Å². The van der Waals surface area contributed by atoms with Gasteiger partial charge in [-0.2, -0.15) is 0 Å². The molecule has 0 radical (unpaired) electrons. The summed E-state index contributed by atoms with van der Waals surface area (Å²) in [5.41, 5.74) is 0.490. The van der Waals surface area contributed by atoms with Gasteiger partial charge in [-0.1, -0.05) is 15.9 Å². The fourth-order valence-electron chi connectivity index (χ4n) is 1.02. The lowest BCUT2D eigenvalue weighted by atomic mass is 10.2. The molecule has 72 valence electrons. The molecule has 2 rings (SSSR count). The second kappa shape index (κ2) is 3.70. The average molecular weight is 320 g/mol. The fourth-order valence-corrected chi connectivity index (χ4v) is 2.24. The van der Waals surface area contributed by atoms with Crippen LogP contribution >= 0.6 is 31.9 Å². The van der Waals surface area contributed by atoms with E-state index in [-0.39, 0.29) is 11.6 Å². The quantitative estimate of drug-likeness (QED) is 0.878. The smallest absolute Gasteiger partial charge is 0.251 e. The Kier molecular flexibility index (Phi) is 2.56. The van der Waals surface area contributed by atoms with Gasteiger partial charge in [0.25, 0.3) is 5.89 Å². The lowest BCUT2D eigenvalue weighted by molar-refractivity contribution is 0.469. The molecule has 1 aromatic carbocycles. The molecule has 0 aliphatic heterocycles. The van der Waals surface area contributed by atoms with E-state index in [2.05, 4.69) is 42.1 Å². The van der Waals surface area contributed by atoms with Crippen molar-refractivity contribution < 1.29 is 9.52 Å². The molecule has 4 nitrogen and oxygen atoms in total. The summed E-state index contributed by atoms with van der Waals surface area (Å²) in [6.45, 7) is 0. The van der Waals surface area contributed by atoms with E-state index in [9.17, 15) is 5.11 Å². The molecule has 0 amide bonds. The van der Waals surface area contributed by atoms with E-state index in [1.165, 1.54) is 6.39 Å². The molecule has 0 aliphatic rings. The molecule has 1 heterocycles. The molecule has 0 spiro atoms. The number of phenolic OH excluding ortho intramolecular Hbond substituents is 1. The number of rotatable bonds is 1. The van der Waals surface area contributed by atoms with Gasteiger partial charge in [0, 0.05) is 4.47 Å². The molecule has 0 atom stereocenters. The van der Waals surface area contributed by atoms with Crippen LogP contribution in [0.4, 0.5) is 0 Å². The molecule has 0 saturated carbocycles. The van der Waals surface area contributed by atoms with Crippen LogP contribution in [0.2, 0.25) is 0 Å². The largest absolute Gasteiger partial charge is 0.506 e. The highest BCUT2D eigenvalue weighted by molar-refractivity contribution is 9.11. The molecule has 1 N–H and O–H groups in total. The molecule has 0 aliphatic carbocycles. The van der Waals surface area contributed by atoms with Gasteiger partial charge in [0.05, 0.1) is 10.0 Å². The number of aromatic nitrogens is 2. The lowest BCUT2D eigenvalue weighted by Crippen LogP contribution is -1.81. The minimum absolute atomic E-state index is 0.0810. The van der Waals surface area contributed by atoms with Crippen molar-refractivity contribution in [2.75, 3.05) is 0 Å². The maximum Gasteiger partial charge on any atom is 0.251 e. The maximum atomic E-state index is 9.70. The van der Waals surface area contributed by atoms with Crippen LogP contribution < -0.4 is 0 Å². The molecule has 1 aromatic heterocycles. The summed E-state index contributed by atoms with van der Waals surface area (Å²) in [5, 5.41) is 17.0. The zero-order chi connectivity index (χ0) is 10.1. The fraction of sp³-hybridized carbons (Fsp3) is 0. The van der Waals surface area contributed by atoms with Crippen molar-refractivity contribution >= 4 is 31.9 Å². The van der Waals surface area contributed by atoms with Crippen LogP contribution in [0.3, 0.4) is 0 Å². The van der Waals surface area contributed by atoms with Crippen molar-refractivity contribution in [3.63, 3.8) is 0 Å². The Balaban J connectivity index is 2.64. The number of hydrogen-bond donors (Lipinski definition) is 1. The summed E-state index contributed by atoms with van der Waals surface area (Å²) < 4.78 is 6.37. The average Bonchev–Trinajstić information content (AvgIpc) is 2.63. The van der Waals surface area contributed by atoms with Crippen molar-refractivity contribution in [3.8, 4) is 17.2 Å². The summed E-state index contributed by atoms with van der Waals surface area (Å²) in [7, 11) is 0. The van der Waals surface area contributed by atoms with Crippen LogP contribution in [0.25, 0.3) is 11.5 Å². The Labute approximate surface area is 96.2 Å². The van der Waals surface area contributed by atoms with Crippen molar-refractivity contribution in [1.29, 1.82) is 0 Å². The van der Waals surface area contributed by atoms with Crippen LogP contribution in [-0.2, 0) is 0 Å². The van der Waals surface area contributed by atoms with E-state index >= 15 is 0 Å². The molecule has 0 fully saturated rings. The number of benzene rings is 1. The Hall–Kier alpha value is -0.880. The third-order valence-electron chi connectivity index (χ3n) is 1.62. The third kappa shape index (κ3) is 1.67. The first-order chi connectivity index (χ1) is 6.68. The van der Waals surface area contributed by atoms with Gasteiger partial charge in [-0.25, -0.2) is 0 Å². The normalized spacial score (nSPS) is 10.4. The molecular weight excluding hydrogens is 316 g/mol. The number of phenols is 1. The number of nitrogens with zero attached hydrogens (tertiary/aromatic N) is 2. The summed E-state index contributed by atoms with van der Waals surface area (Å²) in [6, 6.07) is 3.43. The van der Waals surface area contributed by atoms with Gasteiger partial charge in [-0.15, -0.1) is 10.2 Å². The maximum absolute atomic E-state index is 9.70. The van der Waals surface area contributed by atoms with E-state index in [0.717, 1.165) is 4.47 Å². The Morgan fingerprint density at radius 1 is 1.29 bits per heavy atom. The Bertz CT molecular complexity index is 457. The van der Waals surface area contributed by atoms with Gasteiger partial charge in [0.1, 0.15) is 5.75 Å².